The number of carbonyl (C=O) groups excluding carboxylic acids is 2. The normalized spacial score (nSPS) is 18.4. The Morgan fingerprint density at radius 2 is 1.68 bits per heavy atom. The van der Waals surface area contributed by atoms with E-state index in [4.69, 9.17) is 9.84 Å². The quantitative estimate of drug-likeness (QED) is 0.498. The number of aliphatic carboxylic acids is 1. The zero-order valence-corrected chi connectivity index (χ0v) is 18.3. The summed E-state index contributed by atoms with van der Waals surface area (Å²) in [5.41, 5.74) is 5.01. The molecule has 1 fully saturated rings. The molecule has 0 saturated heterocycles. The van der Waals surface area contributed by atoms with Crippen molar-refractivity contribution in [3.05, 3.63) is 72.1 Å². The highest BCUT2D eigenvalue weighted by molar-refractivity contribution is 5.85. The van der Waals surface area contributed by atoms with Crippen LogP contribution in [-0.2, 0) is 20.9 Å². The molecule has 174 valence electrons. The fraction of sp³-hybridized carbons (Fsp3) is 0.280. The van der Waals surface area contributed by atoms with Gasteiger partial charge >= 0.3 is 12.1 Å². The number of amides is 2. The van der Waals surface area contributed by atoms with Crippen molar-refractivity contribution in [1.29, 1.82) is 0 Å². The van der Waals surface area contributed by atoms with Crippen LogP contribution < -0.4 is 10.6 Å². The van der Waals surface area contributed by atoms with E-state index >= 15 is 0 Å². The maximum absolute atomic E-state index is 12.4. The second-order valence-corrected chi connectivity index (χ2v) is 8.65. The lowest BCUT2D eigenvalue weighted by molar-refractivity contribution is -0.146. The van der Waals surface area contributed by atoms with Gasteiger partial charge in [-0.2, -0.15) is 5.10 Å². The third-order valence-corrected chi connectivity index (χ3v) is 6.38. The highest BCUT2D eigenvalue weighted by Gasteiger charge is 2.35. The van der Waals surface area contributed by atoms with E-state index in [1.807, 2.05) is 24.3 Å². The Bertz CT molecular complexity index is 1200. The zero-order chi connectivity index (χ0) is 23.7. The molecule has 0 atom stereocenters. The number of hydrogen-bond acceptors (Lipinski definition) is 5. The third kappa shape index (κ3) is 4.36. The standard InChI is InChI=1S/C25H24N4O5/c30-23(27-16-9-15(10-16)24(31)32)13-29-12-17(11-26-29)28-25(33)34-14-22-20-7-3-1-5-18(20)19-6-2-4-8-21(19)22/h1-8,11-12,15-16,22H,9-10,13-14H2,(H,27,30)(H,28,33)(H,31,32). The molecular weight excluding hydrogens is 436 g/mol. The van der Waals surface area contributed by atoms with Gasteiger partial charge in [0.2, 0.25) is 5.91 Å². The second-order valence-electron chi connectivity index (χ2n) is 8.65. The van der Waals surface area contributed by atoms with Crippen molar-refractivity contribution < 1.29 is 24.2 Å². The van der Waals surface area contributed by atoms with Crippen molar-refractivity contribution in [3.8, 4) is 11.1 Å². The molecular formula is C25H24N4O5. The van der Waals surface area contributed by atoms with Crippen LogP contribution in [0.25, 0.3) is 11.1 Å². The van der Waals surface area contributed by atoms with Crippen LogP contribution in [0.15, 0.2) is 60.9 Å². The van der Waals surface area contributed by atoms with E-state index in [1.165, 1.54) is 10.9 Å². The van der Waals surface area contributed by atoms with E-state index in [1.54, 1.807) is 6.20 Å². The monoisotopic (exact) mass is 460 g/mol. The molecule has 0 bridgehead atoms. The number of hydrogen-bond donors (Lipinski definition) is 3. The Morgan fingerprint density at radius 3 is 2.32 bits per heavy atom. The predicted molar refractivity (Wildman–Crippen MR) is 123 cm³/mol. The van der Waals surface area contributed by atoms with Gasteiger partial charge in [-0.05, 0) is 35.1 Å². The Balaban J connectivity index is 1.12. The Labute approximate surface area is 195 Å². The number of anilines is 1. The van der Waals surface area contributed by atoms with Gasteiger partial charge in [-0.15, -0.1) is 0 Å². The summed E-state index contributed by atoms with van der Waals surface area (Å²) in [5, 5.41) is 18.4. The number of carboxylic acids is 1. The summed E-state index contributed by atoms with van der Waals surface area (Å²) in [5.74, 6) is -1.51. The Hall–Kier alpha value is -4.14. The molecule has 2 aliphatic rings. The molecule has 0 unspecified atom stereocenters. The number of nitrogens with one attached hydrogen (secondary N) is 2. The molecule has 0 spiro atoms. The summed E-state index contributed by atoms with van der Waals surface area (Å²) >= 11 is 0. The van der Waals surface area contributed by atoms with Crippen LogP contribution in [0.4, 0.5) is 10.5 Å². The molecule has 2 aromatic carbocycles. The van der Waals surface area contributed by atoms with Gasteiger partial charge in [0.1, 0.15) is 13.2 Å². The molecule has 1 heterocycles. The van der Waals surface area contributed by atoms with Gasteiger partial charge in [-0.1, -0.05) is 48.5 Å². The van der Waals surface area contributed by atoms with E-state index < -0.39 is 12.1 Å². The van der Waals surface area contributed by atoms with E-state index in [2.05, 4.69) is 40.0 Å². The molecule has 3 N–H and O–H groups in total. The predicted octanol–water partition coefficient (Wildman–Crippen LogP) is 3.22. The third-order valence-electron chi connectivity index (χ3n) is 6.38. The minimum atomic E-state index is -0.832. The van der Waals surface area contributed by atoms with E-state index in [0.717, 1.165) is 22.3 Å². The van der Waals surface area contributed by atoms with Crippen LogP contribution in [0.3, 0.4) is 0 Å². The van der Waals surface area contributed by atoms with Crippen LogP contribution >= 0.6 is 0 Å². The van der Waals surface area contributed by atoms with Gasteiger partial charge in [0.05, 0.1) is 17.8 Å². The van der Waals surface area contributed by atoms with Crippen LogP contribution in [0.5, 0.6) is 0 Å². The topological polar surface area (TPSA) is 123 Å². The average molecular weight is 460 g/mol. The smallest absolute Gasteiger partial charge is 0.411 e. The first-order valence-corrected chi connectivity index (χ1v) is 11.1. The maximum atomic E-state index is 12.4. The first kappa shape index (κ1) is 21.7. The van der Waals surface area contributed by atoms with Crippen molar-refractivity contribution in [3.63, 3.8) is 0 Å². The van der Waals surface area contributed by atoms with Crippen LogP contribution in [0, 0.1) is 5.92 Å². The SMILES string of the molecule is O=C(Cn1cc(NC(=O)OCC2c3ccccc3-c3ccccc32)cn1)NC1CC(C(=O)O)C1. The van der Waals surface area contributed by atoms with Crippen molar-refractivity contribution >= 4 is 23.7 Å². The fourth-order valence-corrected chi connectivity index (χ4v) is 4.62. The minimum absolute atomic E-state index is 0.0272. The first-order valence-electron chi connectivity index (χ1n) is 11.1. The molecule has 3 aromatic rings. The van der Waals surface area contributed by atoms with Gasteiger partial charge in [-0.25, -0.2) is 4.79 Å². The molecule has 0 aliphatic heterocycles. The highest BCUT2D eigenvalue weighted by atomic mass is 16.5. The zero-order valence-electron chi connectivity index (χ0n) is 18.3. The number of carboxylic acid groups (broad SMARTS) is 1. The largest absolute Gasteiger partial charge is 0.481 e. The van der Waals surface area contributed by atoms with Crippen LogP contribution in [0.2, 0.25) is 0 Å². The van der Waals surface area contributed by atoms with Crippen molar-refractivity contribution in [2.75, 3.05) is 11.9 Å². The summed E-state index contributed by atoms with van der Waals surface area (Å²) < 4.78 is 6.93. The minimum Gasteiger partial charge on any atom is -0.481 e. The molecule has 2 aliphatic carbocycles. The lowest BCUT2D eigenvalue weighted by atomic mass is 9.80. The molecule has 34 heavy (non-hydrogen) atoms. The molecule has 1 saturated carbocycles. The van der Waals surface area contributed by atoms with Crippen molar-refractivity contribution in [2.24, 2.45) is 5.92 Å². The molecule has 0 radical (unpaired) electrons. The molecule has 1 aromatic heterocycles. The van der Waals surface area contributed by atoms with Gasteiger partial charge < -0.3 is 15.2 Å². The van der Waals surface area contributed by atoms with Gasteiger partial charge in [0.15, 0.2) is 0 Å². The summed E-state index contributed by atoms with van der Waals surface area (Å²) in [6.45, 7) is 0.176. The van der Waals surface area contributed by atoms with Crippen LogP contribution in [0.1, 0.15) is 29.9 Å². The number of rotatable bonds is 7. The van der Waals surface area contributed by atoms with E-state index in [9.17, 15) is 14.4 Å². The lowest BCUT2D eigenvalue weighted by Gasteiger charge is -2.32. The number of fused-ring (bicyclic) bond motifs is 3. The molecule has 9 heteroatoms. The van der Waals surface area contributed by atoms with Gasteiger partial charge in [-0.3, -0.25) is 19.6 Å². The highest BCUT2D eigenvalue weighted by Crippen LogP contribution is 2.44. The number of nitrogens with zero attached hydrogens (tertiary/aromatic N) is 2. The van der Waals surface area contributed by atoms with E-state index in [0.29, 0.717) is 18.5 Å². The fourth-order valence-electron chi connectivity index (χ4n) is 4.62. The number of aromatic nitrogens is 2. The number of benzene rings is 2. The van der Waals surface area contributed by atoms with Gasteiger partial charge in [0, 0.05) is 18.2 Å². The Kier molecular flexibility index (Phi) is 5.75. The summed E-state index contributed by atoms with van der Waals surface area (Å²) in [6, 6.07) is 16.1. The Morgan fingerprint density at radius 1 is 1.03 bits per heavy atom. The summed E-state index contributed by atoms with van der Waals surface area (Å²) in [6.07, 6.45) is 3.27. The lowest BCUT2D eigenvalue weighted by Crippen LogP contribution is -2.47. The van der Waals surface area contributed by atoms with Crippen molar-refractivity contribution in [1.82, 2.24) is 15.1 Å². The maximum Gasteiger partial charge on any atom is 0.411 e. The summed E-state index contributed by atoms with van der Waals surface area (Å²) in [4.78, 5) is 35.4. The first-order chi connectivity index (χ1) is 16.5. The van der Waals surface area contributed by atoms with E-state index in [-0.39, 0.29) is 36.9 Å². The second kappa shape index (κ2) is 9.01. The molecule has 2 amide bonds. The van der Waals surface area contributed by atoms with Crippen LogP contribution in [-0.4, -0.2) is 45.5 Å². The average Bonchev–Trinajstić information content (AvgIpc) is 3.36. The molecule has 9 nitrogen and oxygen atoms in total. The van der Waals surface area contributed by atoms with Gasteiger partial charge in [0.25, 0.3) is 0 Å². The summed E-state index contributed by atoms with van der Waals surface area (Å²) in [7, 11) is 0. The molecule has 5 rings (SSSR count). The number of carbonyl (C=O) groups is 3. The number of ether oxygens (including phenoxy) is 1. The van der Waals surface area contributed by atoms with Crippen molar-refractivity contribution in [2.45, 2.75) is 31.3 Å².